The van der Waals surface area contributed by atoms with E-state index in [0.717, 1.165) is 5.02 Å². The van der Waals surface area contributed by atoms with Crippen LogP contribution in [0.1, 0.15) is 47.9 Å². The van der Waals surface area contributed by atoms with Crippen molar-refractivity contribution in [2.75, 3.05) is 14.1 Å². The first kappa shape index (κ1) is 15.9. The van der Waals surface area contributed by atoms with Gasteiger partial charge in [0.25, 0.3) is 0 Å². The minimum Gasteiger partial charge on any atom is -0.306 e. The van der Waals surface area contributed by atoms with Crippen LogP contribution in [0.2, 0.25) is 5.02 Å². The van der Waals surface area contributed by atoms with E-state index in [-0.39, 0.29) is 5.41 Å². The van der Waals surface area contributed by atoms with Gasteiger partial charge in [0.15, 0.2) is 0 Å². The Morgan fingerprint density at radius 2 is 1.58 bits per heavy atom. The summed E-state index contributed by atoms with van der Waals surface area (Å²) in [5.74, 6) is 0. The second-order valence-electron chi connectivity index (χ2n) is 7.43. The van der Waals surface area contributed by atoms with Gasteiger partial charge in [0.05, 0.1) is 0 Å². The molecule has 1 fully saturated rings. The lowest BCUT2D eigenvalue weighted by atomic mass is 9.63. The third-order valence-corrected chi connectivity index (χ3v) is 6.22. The SMILES string of the molecule is CN(C)C1CCC2(CC1)c1ccccc1C=Cc1ccc(Cl)cc12. The zero-order chi connectivity index (χ0) is 16.7. The van der Waals surface area contributed by atoms with Gasteiger partial charge in [0.2, 0.25) is 0 Å². The first-order valence-electron chi connectivity index (χ1n) is 8.84. The molecule has 0 heterocycles. The number of nitrogens with zero attached hydrogens (tertiary/aromatic N) is 1. The number of hydrogen-bond donors (Lipinski definition) is 0. The molecular weight excluding hydrogens is 314 g/mol. The van der Waals surface area contributed by atoms with Crippen LogP contribution in [0.25, 0.3) is 12.2 Å². The van der Waals surface area contributed by atoms with E-state index in [1.165, 1.54) is 47.9 Å². The molecule has 0 atom stereocenters. The lowest BCUT2D eigenvalue weighted by molar-refractivity contribution is 0.189. The Hall–Kier alpha value is -1.57. The maximum atomic E-state index is 6.41. The fourth-order valence-electron chi connectivity index (χ4n) is 4.64. The molecular formula is C22H24ClN. The Balaban J connectivity index is 1.89. The van der Waals surface area contributed by atoms with Gasteiger partial charge in [-0.1, -0.05) is 54.1 Å². The number of benzene rings is 2. The van der Waals surface area contributed by atoms with Gasteiger partial charge in [-0.05, 0) is 74.2 Å². The maximum absolute atomic E-state index is 6.41. The second-order valence-corrected chi connectivity index (χ2v) is 7.87. The maximum Gasteiger partial charge on any atom is 0.0409 e. The Kier molecular flexibility index (Phi) is 4.02. The lowest BCUT2D eigenvalue weighted by Crippen LogP contribution is -2.40. The molecule has 1 saturated carbocycles. The van der Waals surface area contributed by atoms with Gasteiger partial charge >= 0.3 is 0 Å². The summed E-state index contributed by atoms with van der Waals surface area (Å²) in [6.45, 7) is 0. The number of rotatable bonds is 1. The van der Waals surface area contributed by atoms with Crippen LogP contribution in [0.5, 0.6) is 0 Å². The highest BCUT2D eigenvalue weighted by molar-refractivity contribution is 6.30. The van der Waals surface area contributed by atoms with Crippen molar-refractivity contribution < 1.29 is 0 Å². The minimum absolute atomic E-state index is 0.0901. The normalized spacial score (nSPS) is 25.4. The average molecular weight is 338 g/mol. The highest BCUT2D eigenvalue weighted by atomic mass is 35.5. The Labute approximate surface area is 149 Å². The molecule has 0 N–H and O–H groups in total. The second kappa shape index (κ2) is 6.06. The highest BCUT2D eigenvalue weighted by Crippen LogP contribution is 2.50. The van der Waals surface area contributed by atoms with Crippen LogP contribution in [0.4, 0.5) is 0 Å². The topological polar surface area (TPSA) is 3.24 Å². The van der Waals surface area contributed by atoms with E-state index in [1.54, 1.807) is 0 Å². The molecule has 124 valence electrons. The standard InChI is InChI=1S/C22H24ClN/c1-24(2)19-11-13-22(14-12-19)20-6-4-3-5-16(20)7-8-17-9-10-18(23)15-21(17)22/h3-10,15,19H,11-14H2,1-2H3. The number of halogens is 1. The van der Waals surface area contributed by atoms with Gasteiger partial charge in [-0.25, -0.2) is 0 Å². The molecule has 0 saturated heterocycles. The van der Waals surface area contributed by atoms with Gasteiger partial charge in [0, 0.05) is 16.5 Å². The third-order valence-electron chi connectivity index (χ3n) is 5.99. The van der Waals surface area contributed by atoms with E-state index in [1.807, 2.05) is 6.07 Å². The monoisotopic (exact) mass is 337 g/mol. The summed E-state index contributed by atoms with van der Waals surface area (Å²) in [4.78, 5) is 2.38. The third kappa shape index (κ3) is 2.51. The zero-order valence-corrected chi connectivity index (χ0v) is 15.2. The summed E-state index contributed by atoms with van der Waals surface area (Å²) in [6.07, 6.45) is 9.36. The van der Waals surface area contributed by atoms with Crippen LogP contribution in [0, 0.1) is 0 Å². The highest BCUT2D eigenvalue weighted by Gasteiger charge is 2.41. The van der Waals surface area contributed by atoms with Gasteiger partial charge in [-0.15, -0.1) is 0 Å². The molecule has 1 spiro atoms. The van der Waals surface area contributed by atoms with E-state index in [2.05, 4.69) is 67.5 Å². The quantitative estimate of drug-likeness (QED) is 0.653. The Bertz CT molecular complexity index is 782. The molecule has 2 aromatic carbocycles. The molecule has 2 heteroatoms. The molecule has 0 amide bonds. The van der Waals surface area contributed by atoms with E-state index in [9.17, 15) is 0 Å². The molecule has 0 aliphatic heterocycles. The smallest absolute Gasteiger partial charge is 0.0409 e. The summed E-state index contributed by atoms with van der Waals surface area (Å²) in [5.41, 5.74) is 5.65. The van der Waals surface area contributed by atoms with Crippen molar-refractivity contribution in [1.82, 2.24) is 4.90 Å². The minimum atomic E-state index is 0.0901. The summed E-state index contributed by atoms with van der Waals surface area (Å²) in [6, 6.07) is 16.0. The van der Waals surface area contributed by atoms with Crippen molar-refractivity contribution in [3.05, 3.63) is 69.7 Å². The zero-order valence-electron chi connectivity index (χ0n) is 14.4. The van der Waals surface area contributed by atoms with Crippen molar-refractivity contribution in [1.29, 1.82) is 0 Å². The number of fused-ring (bicyclic) bond motifs is 4. The molecule has 0 radical (unpaired) electrons. The molecule has 0 aromatic heterocycles. The van der Waals surface area contributed by atoms with E-state index in [0.29, 0.717) is 6.04 Å². The van der Waals surface area contributed by atoms with Crippen LogP contribution in [0.3, 0.4) is 0 Å². The van der Waals surface area contributed by atoms with Crippen LogP contribution in [0.15, 0.2) is 42.5 Å². The lowest BCUT2D eigenvalue weighted by Gasteiger charge is -2.44. The van der Waals surface area contributed by atoms with Gasteiger partial charge in [-0.3, -0.25) is 0 Å². The van der Waals surface area contributed by atoms with E-state index in [4.69, 9.17) is 11.6 Å². The molecule has 1 nitrogen and oxygen atoms in total. The predicted molar refractivity (Wildman–Crippen MR) is 104 cm³/mol. The molecule has 2 aliphatic rings. The largest absolute Gasteiger partial charge is 0.306 e. The number of hydrogen-bond acceptors (Lipinski definition) is 1. The summed E-state index contributed by atoms with van der Waals surface area (Å²) in [5, 5.41) is 0.843. The van der Waals surface area contributed by atoms with Crippen molar-refractivity contribution in [2.45, 2.75) is 37.1 Å². The van der Waals surface area contributed by atoms with Gasteiger partial charge in [0.1, 0.15) is 0 Å². The molecule has 0 bridgehead atoms. The van der Waals surface area contributed by atoms with E-state index < -0.39 is 0 Å². The average Bonchev–Trinajstić information content (AvgIpc) is 2.72. The summed E-state index contributed by atoms with van der Waals surface area (Å²) < 4.78 is 0. The van der Waals surface area contributed by atoms with Gasteiger partial charge < -0.3 is 4.90 Å². The molecule has 2 aliphatic carbocycles. The van der Waals surface area contributed by atoms with Crippen LogP contribution >= 0.6 is 11.6 Å². The summed E-state index contributed by atoms with van der Waals surface area (Å²) >= 11 is 6.41. The van der Waals surface area contributed by atoms with E-state index >= 15 is 0 Å². The van der Waals surface area contributed by atoms with Crippen LogP contribution in [-0.4, -0.2) is 25.0 Å². The predicted octanol–water partition coefficient (Wildman–Crippen LogP) is 5.61. The molecule has 24 heavy (non-hydrogen) atoms. The fourth-order valence-corrected chi connectivity index (χ4v) is 4.81. The molecule has 0 unspecified atom stereocenters. The first-order valence-corrected chi connectivity index (χ1v) is 9.22. The fraction of sp³-hybridized carbons (Fsp3) is 0.364. The van der Waals surface area contributed by atoms with Crippen molar-refractivity contribution in [3.8, 4) is 0 Å². The molecule has 4 rings (SSSR count). The van der Waals surface area contributed by atoms with Crippen molar-refractivity contribution in [2.24, 2.45) is 0 Å². The van der Waals surface area contributed by atoms with Crippen LogP contribution in [-0.2, 0) is 5.41 Å². The Morgan fingerprint density at radius 3 is 2.29 bits per heavy atom. The van der Waals surface area contributed by atoms with Gasteiger partial charge in [-0.2, -0.15) is 0 Å². The van der Waals surface area contributed by atoms with Crippen molar-refractivity contribution in [3.63, 3.8) is 0 Å². The first-order chi connectivity index (χ1) is 11.6. The Morgan fingerprint density at radius 1 is 0.917 bits per heavy atom. The van der Waals surface area contributed by atoms with Crippen LogP contribution < -0.4 is 0 Å². The molecule has 2 aromatic rings. The summed E-state index contributed by atoms with van der Waals surface area (Å²) in [7, 11) is 4.41. The van der Waals surface area contributed by atoms with Crippen molar-refractivity contribution >= 4 is 23.8 Å².